The summed E-state index contributed by atoms with van der Waals surface area (Å²) in [6, 6.07) is 12.6. The monoisotopic (exact) mass is 268 g/mol. The van der Waals surface area contributed by atoms with Gasteiger partial charge in [0.2, 0.25) is 0 Å². The Kier molecular flexibility index (Phi) is 3.65. The zero-order chi connectivity index (χ0) is 13.9. The molecule has 0 saturated carbocycles. The van der Waals surface area contributed by atoms with E-state index in [1.165, 1.54) is 0 Å². The molecule has 1 aromatic carbocycles. The minimum Gasteiger partial charge on any atom is -0.355 e. The third kappa shape index (κ3) is 2.80. The maximum Gasteiger partial charge on any atom is 0.132 e. The highest BCUT2D eigenvalue weighted by Crippen LogP contribution is 2.23. The Morgan fingerprint density at radius 3 is 2.75 bits per heavy atom. The van der Waals surface area contributed by atoms with E-state index in [4.69, 9.17) is 5.73 Å². The van der Waals surface area contributed by atoms with Gasteiger partial charge in [-0.15, -0.1) is 0 Å². The zero-order valence-corrected chi connectivity index (χ0v) is 11.8. The molecule has 4 nitrogen and oxygen atoms in total. The van der Waals surface area contributed by atoms with Crippen molar-refractivity contribution in [3.8, 4) is 11.3 Å². The van der Waals surface area contributed by atoms with Gasteiger partial charge in [-0.2, -0.15) is 0 Å². The van der Waals surface area contributed by atoms with Gasteiger partial charge in [-0.25, -0.2) is 9.97 Å². The van der Waals surface area contributed by atoms with Crippen molar-refractivity contribution in [1.29, 1.82) is 0 Å². The number of rotatable bonds is 2. The largest absolute Gasteiger partial charge is 0.355 e. The fraction of sp³-hybridized carbons (Fsp3) is 0.375. The first-order valence-electron chi connectivity index (χ1n) is 7.14. The van der Waals surface area contributed by atoms with Crippen LogP contribution in [0.25, 0.3) is 11.3 Å². The summed E-state index contributed by atoms with van der Waals surface area (Å²) < 4.78 is 0. The Bertz CT molecular complexity index is 582. The van der Waals surface area contributed by atoms with E-state index in [0.29, 0.717) is 0 Å². The molecule has 1 fully saturated rings. The summed E-state index contributed by atoms with van der Waals surface area (Å²) in [4.78, 5) is 11.4. The molecule has 20 heavy (non-hydrogen) atoms. The van der Waals surface area contributed by atoms with Crippen LogP contribution in [0, 0.1) is 6.92 Å². The summed E-state index contributed by atoms with van der Waals surface area (Å²) in [6.07, 6.45) is 2.23. The second-order valence-electron chi connectivity index (χ2n) is 5.37. The van der Waals surface area contributed by atoms with E-state index in [1.807, 2.05) is 25.1 Å². The smallest absolute Gasteiger partial charge is 0.132 e. The first-order chi connectivity index (χ1) is 9.72. The topological polar surface area (TPSA) is 55.0 Å². The highest BCUT2D eigenvalue weighted by Gasteiger charge is 2.19. The second kappa shape index (κ2) is 5.59. The van der Waals surface area contributed by atoms with E-state index in [1.54, 1.807) is 0 Å². The predicted octanol–water partition coefficient (Wildman–Crippen LogP) is 2.38. The Hall–Kier alpha value is -1.94. The molecule has 0 spiro atoms. The molecule has 1 aliphatic heterocycles. The van der Waals surface area contributed by atoms with E-state index in [-0.39, 0.29) is 6.04 Å². The van der Waals surface area contributed by atoms with Crippen molar-refractivity contribution in [3.63, 3.8) is 0 Å². The van der Waals surface area contributed by atoms with Gasteiger partial charge in [-0.3, -0.25) is 0 Å². The molecule has 0 aliphatic carbocycles. The number of piperidine rings is 1. The van der Waals surface area contributed by atoms with E-state index in [9.17, 15) is 0 Å². The van der Waals surface area contributed by atoms with Crippen LogP contribution in [0.5, 0.6) is 0 Å². The molecule has 4 heteroatoms. The van der Waals surface area contributed by atoms with Crippen molar-refractivity contribution in [3.05, 3.63) is 42.2 Å². The number of aryl methyl sites for hydroxylation is 1. The Balaban J connectivity index is 1.94. The first-order valence-corrected chi connectivity index (χ1v) is 7.14. The molecule has 1 saturated heterocycles. The van der Waals surface area contributed by atoms with Crippen LogP contribution >= 0.6 is 0 Å². The molecular weight excluding hydrogens is 248 g/mol. The van der Waals surface area contributed by atoms with Gasteiger partial charge < -0.3 is 10.6 Å². The standard InChI is InChI=1S/C16H20N4/c1-12-18-15(13-6-3-2-4-7-13)10-16(19-12)20-9-5-8-14(17)11-20/h2-4,6-7,10,14H,5,8-9,11,17H2,1H3. The molecule has 0 bridgehead atoms. The quantitative estimate of drug-likeness (QED) is 0.908. The number of anilines is 1. The molecule has 1 unspecified atom stereocenters. The first kappa shape index (κ1) is 13.1. The molecule has 0 amide bonds. The van der Waals surface area contributed by atoms with Crippen molar-refractivity contribution in [2.75, 3.05) is 18.0 Å². The highest BCUT2D eigenvalue weighted by atomic mass is 15.2. The average Bonchev–Trinajstić information content (AvgIpc) is 2.47. The summed E-state index contributed by atoms with van der Waals surface area (Å²) >= 11 is 0. The van der Waals surface area contributed by atoms with E-state index in [2.05, 4.69) is 33.1 Å². The third-order valence-electron chi connectivity index (χ3n) is 3.68. The Morgan fingerprint density at radius 1 is 1.20 bits per heavy atom. The van der Waals surface area contributed by atoms with Crippen LogP contribution in [-0.4, -0.2) is 29.1 Å². The van der Waals surface area contributed by atoms with E-state index >= 15 is 0 Å². The lowest BCUT2D eigenvalue weighted by molar-refractivity contribution is 0.503. The second-order valence-corrected chi connectivity index (χ2v) is 5.37. The number of benzene rings is 1. The number of hydrogen-bond donors (Lipinski definition) is 1. The van der Waals surface area contributed by atoms with Crippen molar-refractivity contribution in [2.24, 2.45) is 5.73 Å². The molecule has 104 valence electrons. The molecule has 2 N–H and O–H groups in total. The van der Waals surface area contributed by atoms with Crippen LogP contribution in [0.3, 0.4) is 0 Å². The molecule has 1 atom stereocenters. The van der Waals surface area contributed by atoms with Gasteiger partial charge in [0.1, 0.15) is 11.6 Å². The maximum absolute atomic E-state index is 6.06. The zero-order valence-electron chi connectivity index (χ0n) is 11.8. The summed E-state index contributed by atoms with van der Waals surface area (Å²) in [7, 11) is 0. The van der Waals surface area contributed by atoms with Gasteiger partial charge in [0.25, 0.3) is 0 Å². The van der Waals surface area contributed by atoms with Crippen LogP contribution in [0.4, 0.5) is 5.82 Å². The van der Waals surface area contributed by atoms with Gasteiger partial charge in [-0.05, 0) is 19.8 Å². The Morgan fingerprint density at radius 2 is 2.00 bits per heavy atom. The molecular formula is C16H20N4. The van der Waals surface area contributed by atoms with Gasteiger partial charge in [0.15, 0.2) is 0 Å². The van der Waals surface area contributed by atoms with Crippen LogP contribution in [-0.2, 0) is 0 Å². The molecule has 3 rings (SSSR count). The number of nitrogens with zero attached hydrogens (tertiary/aromatic N) is 3. The predicted molar refractivity (Wildman–Crippen MR) is 81.6 cm³/mol. The van der Waals surface area contributed by atoms with E-state index < -0.39 is 0 Å². The number of hydrogen-bond acceptors (Lipinski definition) is 4. The van der Waals surface area contributed by atoms with Crippen LogP contribution in [0.1, 0.15) is 18.7 Å². The van der Waals surface area contributed by atoms with Crippen molar-refractivity contribution in [1.82, 2.24) is 9.97 Å². The van der Waals surface area contributed by atoms with Gasteiger partial charge in [0, 0.05) is 30.8 Å². The minimum atomic E-state index is 0.249. The van der Waals surface area contributed by atoms with Crippen LogP contribution in [0.2, 0.25) is 0 Å². The minimum absolute atomic E-state index is 0.249. The average molecular weight is 268 g/mol. The lowest BCUT2D eigenvalue weighted by Gasteiger charge is -2.31. The van der Waals surface area contributed by atoms with Gasteiger partial charge in [-0.1, -0.05) is 30.3 Å². The molecule has 1 aliphatic rings. The molecule has 1 aromatic heterocycles. The highest BCUT2D eigenvalue weighted by molar-refractivity contribution is 5.62. The summed E-state index contributed by atoms with van der Waals surface area (Å²) in [5, 5.41) is 0. The SMILES string of the molecule is Cc1nc(-c2ccccc2)cc(N2CCCC(N)C2)n1. The fourth-order valence-corrected chi connectivity index (χ4v) is 2.69. The fourth-order valence-electron chi connectivity index (χ4n) is 2.69. The van der Waals surface area contributed by atoms with Crippen molar-refractivity contribution in [2.45, 2.75) is 25.8 Å². The maximum atomic E-state index is 6.06. The summed E-state index contributed by atoms with van der Waals surface area (Å²) in [5.41, 5.74) is 8.17. The number of nitrogens with two attached hydrogens (primary N) is 1. The lowest BCUT2D eigenvalue weighted by Crippen LogP contribution is -2.43. The van der Waals surface area contributed by atoms with Gasteiger partial charge >= 0.3 is 0 Å². The van der Waals surface area contributed by atoms with Crippen molar-refractivity contribution < 1.29 is 0 Å². The normalized spacial score (nSPS) is 19.1. The van der Waals surface area contributed by atoms with Crippen molar-refractivity contribution >= 4 is 5.82 Å². The number of aromatic nitrogens is 2. The Labute approximate surface area is 119 Å². The van der Waals surface area contributed by atoms with E-state index in [0.717, 1.165) is 48.8 Å². The van der Waals surface area contributed by atoms with Gasteiger partial charge in [0.05, 0.1) is 5.69 Å². The summed E-state index contributed by atoms with van der Waals surface area (Å²) in [5.74, 6) is 1.80. The summed E-state index contributed by atoms with van der Waals surface area (Å²) in [6.45, 7) is 3.85. The molecule has 2 aromatic rings. The molecule has 0 radical (unpaired) electrons. The van der Waals surface area contributed by atoms with Crippen LogP contribution < -0.4 is 10.6 Å². The van der Waals surface area contributed by atoms with Crippen LogP contribution in [0.15, 0.2) is 36.4 Å². The lowest BCUT2D eigenvalue weighted by atomic mass is 10.1. The third-order valence-corrected chi connectivity index (χ3v) is 3.68. The molecule has 2 heterocycles.